The fourth-order valence-corrected chi connectivity index (χ4v) is 1.87. The zero-order chi connectivity index (χ0) is 14.2. The van der Waals surface area contributed by atoms with Gasteiger partial charge in [-0.2, -0.15) is 0 Å². The summed E-state index contributed by atoms with van der Waals surface area (Å²) >= 11 is 0. The lowest BCUT2D eigenvalue weighted by atomic mass is 9.94. The summed E-state index contributed by atoms with van der Waals surface area (Å²) in [5.74, 6) is 1.31. The highest BCUT2D eigenvalue weighted by Gasteiger charge is 2.21. The second-order valence-electron chi connectivity index (χ2n) is 5.85. The van der Waals surface area contributed by atoms with E-state index >= 15 is 0 Å². The summed E-state index contributed by atoms with van der Waals surface area (Å²) in [4.78, 5) is 13.2. The van der Waals surface area contributed by atoms with Crippen LogP contribution in [0, 0.1) is 13.8 Å². The van der Waals surface area contributed by atoms with Crippen molar-refractivity contribution in [2.24, 2.45) is 0 Å². The molecule has 2 aromatic rings. The predicted molar refractivity (Wildman–Crippen MR) is 77.8 cm³/mol. The molecule has 0 aliphatic carbocycles. The first-order valence-corrected chi connectivity index (χ1v) is 6.36. The van der Waals surface area contributed by atoms with Gasteiger partial charge >= 0.3 is 0 Å². The summed E-state index contributed by atoms with van der Waals surface area (Å²) in [7, 11) is 0. The third-order valence-corrected chi connectivity index (χ3v) is 3.13. The van der Waals surface area contributed by atoms with Crippen molar-refractivity contribution in [3.05, 3.63) is 35.4 Å². The van der Waals surface area contributed by atoms with Crippen LogP contribution in [0.3, 0.4) is 0 Å². The maximum atomic E-state index is 6.04. The van der Waals surface area contributed by atoms with Crippen molar-refractivity contribution in [3.8, 4) is 11.3 Å². The van der Waals surface area contributed by atoms with Crippen molar-refractivity contribution < 1.29 is 0 Å². The van der Waals surface area contributed by atoms with Crippen LogP contribution in [0.1, 0.15) is 37.7 Å². The average molecular weight is 256 g/mol. The molecule has 2 heterocycles. The van der Waals surface area contributed by atoms with Crippen LogP contribution in [0.15, 0.2) is 18.5 Å². The SMILES string of the molecule is Cc1cnccc1-c1nc(C(C)(C)C)nc(N)c1C. The molecule has 0 unspecified atom stereocenters. The first kappa shape index (κ1) is 13.5. The summed E-state index contributed by atoms with van der Waals surface area (Å²) in [6.07, 6.45) is 3.61. The lowest BCUT2D eigenvalue weighted by molar-refractivity contribution is 0.546. The van der Waals surface area contributed by atoms with Gasteiger partial charge in [0, 0.05) is 28.9 Å². The normalized spacial score (nSPS) is 11.6. The number of aryl methyl sites for hydroxylation is 1. The molecule has 4 nitrogen and oxygen atoms in total. The molecule has 0 atom stereocenters. The van der Waals surface area contributed by atoms with Crippen LogP contribution >= 0.6 is 0 Å². The smallest absolute Gasteiger partial charge is 0.136 e. The molecule has 100 valence electrons. The minimum Gasteiger partial charge on any atom is -0.383 e. The Hall–Kier alpha value is -1.97. The molecule has 0 aliphatic heterocycles. The van der Waals surface area contributed by atoms with Gasteiger partial charge in [0.15, 0.2) is 0 Å². The van der Waals surface area contributed by atoms with Crippen molar-refractivity contribution in [3.63, 3.8) is 0 Å². The minimum absolute atomic E-state index is 0.127. The molecule has 2 rings (SSSR count). The molecular weight excluding hydrogens is 236 g/mol. The van der Waals surface area contributed by atoms with E-state index < -0.39 is 0 Å². The van der Waals surface area contributed by atoms with E-state index in [4.69, 9.17) is 10.7 Å². The Morgan fingerprint density at radius 3 is 2.37 bits per heavy atom. The summed E-state index contributed by atoms with van der Waals surface area (Å²) < 4.78 is 0. The van der Waals surface area contributed by atoms with E-state index in [0.29, 0.717) is 5.82 Å². The van der Waals surface area contributed by atoms with Crippen molar-refractivity contribution in [2.75, 3.05) is 5.73 Å². The first-order chi connectivity index (χ1) is 8.80. The van der Waals surface area contributed by atoms with Crippen molar-refractivity contribution in [1.82, 2.24) is 15.0 Å². The van der Waals surface area contributed by atoms with Gasteiger partial charge in [0.1, 0.15) is 11.6 Å². The van der Waals surface area contributed by atoms with Crippen molar-refractivity contribution in [1.29, 1.82) is 0 Å². The molecule has 2 aromatic heterocycles. The number of hydrogen-bond acceptors (Lipinski definition) is 4. The number of hydrogen-bond donors (Lipinski definition) is 1. The second kappa shape index (κ2) is 4.61. The fourth-order valence-electron chi connectivity index (χ4n) is 1.87. The van der Waals surface area contributed by atoms with Crippen LogP contribution in [0.5, 0.6) is 0 Å². The van der Waals surface area contributed by atoms with Crippen molar-refractivity contribution in [2.45, 2.75) is 40.0 Å². The van der Waals surface area contributed by atoms with Gasteiger partial charge in [-0.25, -0.2) is 9.97 Å². The van der Waals surface area contributed by atoms with E-state index in [1.54, 1.807) is 6.20 Å². The van der Waals surface area contributed by atoms with E-state index in [1.165, 1.54) is 0 Å². The molecule has 0 bridgehead atoms. The summed E-state index contributed by atoms with van der Waals surface area (Å²) in [6, 6.07) is 1.97. The Balaban J connectivity index is 2.70. The molecule has 0 saturated carbocycles. The quantitative estimate of drug-likeness (QED) is 0.851. The first-order valence-electron chi connectivity index (χ1n) is 6.36. The van der Waals surface area contributed by atoms with Crippen LogP contribution in [-0.2, 0) is 5.41 Å². The Morgan fingerprint density at radius 1 is 1.11 bits per heavy atom. The number of pyridine rings is 1. The van der Waals surface area contributed by atoms with Gasteiger partial charge in [-0.15, -0.1) is 0 Å². The third kappa shape index (κ3) is 2.57. The van der Waals surface area contributed by atoms with Crippen molar-refractivity contribution >= 4 is 5.82 Å². The second-order valence-corrected chi connectivity index (χ2v) is 5.85. The van der Waals surface area contributed by atoms with E-state index in [2.05, 4.69) is 30.7 Å². The minimum atomic E-state index is -0.127. The topological polar surface area (TPSA) is 64.7 Å². The number of anilines is 1. The maximum Gasteiger partial charge on any atom is 0.136 e. The Bertz CT molecular complexity index is 612. The number of aromatic nitrogens is 3. The molecule has 19 heavy (non-hydrogen) atoms. The van der Waals surface area contributed by atoms with Crippen LogP contribution in [-0.4, -0.2) is 15.0 Å². The molecule has 0 radical (unpaired) electrons. The maximum absolute atomic E-state index is 6.04. The molecule has 2 N–H and O–H groups in total. The number of rotatable bonds is 1. The van der Waals surface area contributed by atoms with Gasteiger partial charge in [0.2, 0.25) is 0 Å². The molecule has 0 spiro atoms. The largest absolute Gasteiger partial charge is 0.383 e. The van der Waals surface area contributed by atoms with E-state index in [1.807, 2.05) is 26.1 Å². The van der Waals surface area contributed by atoms with Gasteiger partial charge in [-0.3, -0.25) is 4.98 Å². The number of nitrogen functional groups attached to an aromatic ring is 1. The fraction of sp³-hybridized carbons (Fsp3) is 0.400. The highest BCUT2D eigenvalue weighted by molar-refractivity contribution is 5.69. The third-order valence-electron chi connectivity index (χ3n) is 3.13. The molecular formula is C15H20N4. The van der Waals surface area contributed by atoms with Crippen LogP contribution < -0.4 is 5.73 Å². The summed E-state index contributed by atoms with van der Waals surface area (Å²) in [5, 5.41) is 0. The number of nitrogens with two attached hydrogens (primary N) is 1. The molecule has 0 aliphatic rings. The Kier molecular flexibility index (Phi) is 3.27. The molecule has 4 heteroatoms. The van der Waals surface area contributed by atoms with Gasteiger partial charge in [0.25, 0.3) is 0 Å². The van der Waals surface area contributed by atoms with Crippen LogP contribution in [0.2, 0.25) is 0 Å². The number of nitrogens with zero attached hydrogens (tertiary/aromatic N) is 3. The van der Waals surface area contributed by atoms with E-state index in [9.17, 15) is 0 Å². The summed E-state index contributed by atoms with van der Waals surface area (Å²) in [5.41, 5.74) is 9.88. The van der Waals surface area contributed by atoms with Gasteiger partial charge in [-0.1, -0.05) is 20.8 Å². The van der Waals surface area contributed by atoms with E-state index in [-0.39, 0.29) is 5.41 Å². The zero-order valence-electron chi connectivity index (χ0n) is 12.2. The molecule has 0 fully saturated rings. The highest BCUT2D eigenvalue weighted by Crippen LogP contribution is 2.29. The van der Waals surface area contributed by atoms with Gasteiger partial charge in [-0.05, 0) is 25.5 Å². The lowest BCUT2D eigenvalue weighted by Crippen LogP contribution is -2.18. The lowest BCUT2D eigenvalue weighted by Gasteiger charge is -2.19. The average Bonchev–Trinajstić information content (AvgIpc) is 2.32. The van der Waals surface area contributed by atoms with Gasteiger partial charge in [0.05, 0.1) is 5.69 Å². The highest BCUT2D eigenvalue weighted by atomic mass is 15.0. The zero-order valence-corrected chi connectivity index (χ0v) is 12.2. The van der Waals surface area contributed by atoms with E-state index in [0.717, 1.165) is 28.2 Å². The van der Waals surface area contributed by atoms with Gasteiger partial charge < -0.3 is 5.73 Å². The molecule has 0 aromatic carbocycles. The van der Waals surface area contributed by atoms with Crippen LogP contribution in [0.4, 0.5) is 5.82 Å². The monoisotopic (exact) mass is 256 g/mol. The Labute approximate surface area is 114 Å². The Morgan fingerprint density at radius 2 is 1.79 bits per heavy atom. The predicted octanol–water partition coefficient (Wildman–Crippen LogP) is 3.04. The summed E-state index contributed by atoms with van der Waals surface area (Å²) in [6.45, 7) is 10.2. The molecule has 0 amide bonds. The van der Waals surface area contributed by atoms with Crippen LogP contribution in [0.25, 0.3) is 11.3 Å². The molecule has 0 saturated heterocycles. The standard InChI is InChI=1S/C15H20N4/c1-9-8-17-7-6-11(9)12-10(2)13(16)19-14(18-12)15(3,4)5/h6-8H,1-5H3,(H2,16,18,19).